The lowest BCUT2D eigenvalue weighted by molar-refractivity contribution is -0.116. The largest absolute Gasteiger partial charge is 0.325 e. The summed E-state index contributed by atoms with van der Waals surface area (Å²) in [6, 6.07) is 11.0. The van der Waals surface area contributed by atoms with Crippen molar-refractivity contribution < 1.29 is 4.79 Å². The Morgan fingerprint density at radius 2 is 2.24 bits per heavy atom. The number of rotatable bonds is 4. The Balaban J connectivity index is 1.88. The highest BCUT2D eigenvalue weighted by Crippen LogP contribution is 2.14. The third-order valence-electron chi connectivity index (χ3n) is 3.45. The minimum Gasteiger partial charge on any atom is -0.325 e. The molecule has 0 aromatic heterocycles. The van der Waals surface area contributed by atoms with Gasteiger partial charge >= 0.3 is 0 Å². The minimum absolute atomic E-state index is 0.145. The number of hydrogen-bond acceptors (Lipinski definition) is 5. The van der Waals surface area contributed by atoms with Crippen LogP contribution < -0.4 is 10.6 Å². The Bertz CT molecular complexity index is 586. The van der Waals surface area contributed by atoms with E-state index in [1.807, 2.05) is 11.0 Å². The molecular formula is C15H17N5O. The van der Waals surface area contributed by atoms with Crippen molar-refractivity contribution in [3.05, 3.63) is 29.8 Å². The summed E-state index contributed by atoms with van der Waals surface area (Å²) in [6.07, 6.45) is 0.304. The highest BCUT2D eigenvalue weighted by Gasteiger charge is 2.21. The zero-order valence-electron chi connectivity index (χ0n) is 11.7. The molecule has 1 aromatic carbocycles. The Morgan fingerprint density at radius 3 is 3.00 bits per heavy atom. The van der Waals surface area contributed by atoms with Gasteiger partial charge in [0.2, 0.25) is 5.91 Å². The van der Waals surface area contributed by atoms with Crippen LogP contribution in [-0.2, 0) is 4.79 Å². The predicted molar refractivity (Wildman–Crippen MR) is 78.2 cm³/mol. The highest BCUT2D eigenvalue weighted by molar-refractivity contribution is 5.92. The number of nitrogens with zero attached hydrogens (tertiary/aromatic N) is 3. The zero-order chi connectivity index (χ0) is 15.1. The molecule has 0 radical (unpaired) electrons. The Kier molecular flexibility index (Phi) is 5.28. The molecule has 0 aliphatic carbocycles. The molecule has 2 rings (SSSR count). The third kappa shape index (κ3) is 4.03. The molecule has 0 spiro atoms. The van der Waals surface area contributed by atoms with Crippen molar-refractivity contribution in [1.29, 1.82) is 10.5 Å². The molecule has 1 heterocycles. The Morgan fingerprint density at radius 1 is 1.43 bits per heavy atom. The molecule has 1 aliphatic rings. The van der Waals surface area contributed by atoms with E-state index in [1.165, 1.54) is 0 Å². The van der Waals surface area contributed by atoms with Gasteiger partial charge in [-0.1, -0.05) is 12.1 Å². The average Bonchev–Trinajstić information content (AvgIpc) is 2.53. The van der Waals surface area contributed by atoms with Gasteiger partial charge in [0.05, 0.1) is 17.3 Å². The summed E-state index contributed by atoms with van der Waals surface area (Å²) in [5.74, 6) is -0.145. The summed E-state index contributed by atoms with van der Waals surface area (Å²) in [6.45, 7) is 2.77. The van der Waals surface area contributed by atoms with Crippen LogP contribution in [0.25, 0.3) is 0 Å². The lowest BCUT2D eigenvalue weighted by Gasteiger charge is -2.31. The van der Waals surface area contributed by atoms with E-state index >= 15 is 0 Å². The molecule has 1 aliphatic heterocycles. The summed E-state index contributed by atoms with van der Waals surface area (Å²) in [7, 11) is 0. The van der Waals surface area contributed by atoms with Crippen molar-refractivity contribution in [3.8, 4) is 12.1 Å². The number of para-hydroxylation sites is 1. The van der Waals surface area contributed by atoms with Crippen LogP contribution in [0.1, 0.15) is 12.0 Å². The van der Waals surface area contributed by atoms with Gasteiger partial charge in [-0.25, -0.2) is 0 Å². The second-order valence-corrected chi connectivity index (χ2v) is 4.84. The van der Waals surface area contributed by atoms with Gasteiger partial charge in [-0.05, 0) is 12.1 Å². The fraction of sp³-hybridized carbons (Fsp3) is 0.400. The maximum absolute atomic E-state index is 12.0. The van der Waals surface area contributed by atoms with Crippen LogP contribution in [0.5, 0.6) is 0 Å². The number of piperazine rings is 1. The molecule has 1 atom stereocenters. The second kappa shape index (κ2) is 7.39. The number of amides is 1. The van der Waals surface area contributed by atoms with Crippen LogP contribution in [0.4, 0.5) is 5.69 Å². The van der Waals surface area contributed by atoms with Gasteiger partial charge < -0.3 is 10.6 Å². The van der Waals surface area contributed by atoms with Crippen LogP contribution in [0.3, 0.4) is 0 Å². The maximum Gasteiger partial charge on any atom is 0.225 e. The van der Waals surface area contributed by atoms with Crippen molar-refractivity contribution in [2.45, 2.75) is 12.5 Å². The van der Waals surface area contributed by atoms with E-state index in [9.17, 15) is 4.79 Å². The molecule has 1 aromatic rings. The van der Waals surface area contributed by atoms with Gasteiger partial charge in [-0.15, -0.1) is 0 Å². The molecule has 108 valence electrons. The van der Waals surface area contributed by atoms with Crippen molar-refractivity contribution in [3.63, 3.8) is 0 Å². The third-order valence-corrected chi connectivity index (χ3v) is 3.45. The van der Waals surface area contributed by atoms with E-state index < -0.39 is 0 Å². The van der Waals surface area contributed by atoms with Crippen LogP contribution in [0.2, 0.25) is 0 Å². The van der Waals surface area contributed by atoms with Crippen molar-refractivity contribution in [2.75, 3.05) is 31.5 Å². The summed E-state index contributed by atoms with van der Waals surface area (Å²) in [4.78, 5) is 14.0. The monoisotopic (exact) mass is 283 g/mol. The SMILES string of the molecule is N#Cc1ccccc1NC(=O)CCN1CCNCC1C#N. The molecule has 1 fully saturated rings. The smallest absolute Gasteiger partial charge is 0.225 e. The maximum atomic E-state index is 12.0. The number of nitrogens with one attached hydrogen (secondary N) is 2. The molecule has 1 unspecified atom stereocenters. The summed E-state index contributed by atoms with van der Waals surface area (Å²) < 4.78 is 0. The number of carbonyl (C=O) groups is 1. The van der Waals surface area contributed by atoms with Gasteiger partial charge in [-0.3, -0.25) is 9.69 Å². The van der Waals surface area contributed by atoms with Gasteiger partial charge in [0, 0.05) is 32.6 Å². The van der Waals surface area contributed by atoms with Crippen LogP contribution in [0.15, 0.2) is 24.3 Å². The van der Waals surface area contributed by atoms with Crippen LogP contribution in [-0.4, -0.2) is 43.0 Å². The van der Waals surface area contributed by atoms with Crippen LogP contribution >= 0.6 is 0 Å². The van der Waals surface area contributed by atoms with Gasteiger partial charge in [0.15, 0.2) is 0 Å². The molecule has 2 N–H and O–H groups in total. The van der Waals surface area contributed by atoms with Crippen molar-refractivity contribution in [2.24, 2.45) is 0 Å². The number of benzene rings is 1. The lowest BCUT2D eigenvalue weighted by atomic mass is 10.2. The predicted octanol–water partition coefficient (Wildman–Crippen LogP) is 0.684. The fourth-order valence-electron chi connectivity index (χ4n) is 2.29. The molecular weight excluding hydrogens is 266 g/mol. The van der Waals surface area contributed by atoms with E-state index in [1.54, 1.807) is 24.3 Å². The molecule has 0 bridgehead atoms. The zero-order valence-corrected chi connectivity index (χ0v) is 11.7. The second-order valence-electron chi connectivity index (χ2n) is 4.84. The Hall–Kier alpha value is -2.41. The number of anilines is 1. The molecule has 0 saturated carbocycles. The summed E-state index contributed by atoms with van der Waals surface area (Å²) in [5, 5.41) is 23.9. The molecule has 6 nitrogen and oxygen atoms in total. The van der Waals surface area contributed by atoms with Crippen molar-refractivity contribution in [1.82, 2.24) is 10.2 Å². The summed E-state index contributed by atoms with van der Waals surface area (Å²) in [5.41, 5.74) is 0.977. The minimum atomic E-state index is -0.182. The molecule has 1 saturated heterocycles. The number of nitriles is 2. The van der Waals surface area contributed by atoms with E-state index in [2.05, 4.69) is 16.7 Å². The van der Waals surface area contributed by atoms with E-state index in [-0.39, 0.29) is 11.9 Å². The first-order valence-corrected chi connectivity index (χ1v) is 6.88. The lowest BCUT2D eigenvalue weighted by Crippen LogP contribution is -2.51. The van der Waals surface area contributed by atoms with E-state index in [0.717, 1.165) is 13.1 Å². The van der Waals surface area contributed by atoms with Gasteiger partial charge in [-0.2, -0.15) is 10.5 Å². The molecule has 6 heteroatoms. The molecule has 21 heavy (non-hydrogen) atoms. The van der Waals surface area contributed by atoms with Gasteiger partial charge in [0.1, 0.15) is 12.1 Å². The number of carbonyl (C=O) groups excluding carboxylic acids is 1. The normalized spacial score (nSPS) is 18.5. The molecule has 1 amide bonds. The van der Waals surface area contributed by atoms with Crippen molar-refractivity contribution >= 4 is 11.6 Å². The summed E-state index contributed by atoms with van der Waals surface area (Å²) >= 11 is 0. The highest BCUT2D eigenvalue weighted by atomic mass is 16.1. The van der Waals surface area contributed by atoms with E-state index in [4.69, 9.17) is 10.5 Å². The average molecular weight is 283 g/mol. The fourth-order valence-corrected chi connectivity index (χ4v) is 2.29. The first-order valence-electron chi connectivity index (χ1n) is 6.88. The first-order chi connectivity index (χ1) is 10.2. The van der Waals surface area contributed by atoms with Gasteiger partial charge in [0.25, 0.3) is 0 Å². The standard InChI is InChI=1S/C15H17N5O/c16-9-12-3-1-2-4-14(12)19-15(21)5-7-20-8-6-18-11-13(20)10-17/h1-4,13,18H,5-8,11H2,(H,19,21). The quantitative estimate of drug-likeness (QED) is 0.848. The Labute approximate surface area is 124 Å². The van der Waals surface area contributed by atoms with E-state index in [0.29, 0.717) is 30.8 Å². The van der Waals surface area contributed by atoms with Crippen LogP contribution in [0, 0.1) is 22.7 Å². The topological polar surface area (TPSA) is 91.9 Å². The first kappa shape index (κ1) is 15.0. The number of hydrogen-bond donors (Lipinski definition) is 2.